The zero-order valence-electron chi connectivity index (χ0n) is 10.5. The number of fused-ring (bicyclic) bond motifs is 1. The molecular weight excluding hydrogens is 275 g/mol. The molecule has 3 aliphatic rings. The smallest absolute Gasteiger partial charge is 0.395 e. The quantitative estimate of drug-likeness (QED) is 0.743. The Kier molecular flexibility index (Phi) is 2.26. The van der Waals surface area contributed by atoms with E-state index in [0.717, 1.165) is 25.5 Å². The van der Waals surface area contributed by atoms with Crippen LogP contribution in [-0.4, -0.2) is 31.6 Å². The molecule has 0 bridgehead atoms. The largest absolute Gasteiger partial charge is 0.586 e. The summed E-state index contributed by atoms with van der Waals surface area (Å²) in [7, 11) is 0. The van der Waals surface area contributed by atoms with Crippen LogP contribution in [0.5, 0.6) is 11.5 Å². The zero-order valence-corrected chi connectivity index (χ0v) is 10.5. The van der Waals surface area contributed by atoms with Crippen LogP contribution >= 0.6 is 0 Å². The Bertz CT molecular complexity index is 564. The van der Waals surface area contributed by atoms with Crippen molar-refractivity contribution in [3.8, 4) is 11.5 Å². The van der Waals surface area contributed by atoms with Crippen molar-refractivity contribution in [3.63, 3.8) is 0 Å². The lowest BCUT2D eigenvalue weighted by Crippen LogP contribution is -2.38. The number of epoxide rings is 1. The first-order valence-electron chi connectivity index (χ1n) is 6.45. The third-order valence-corrected chi connectivity index (χ3v) is 4.04. The predicted molar refractivity (Wildman–Crippen MR) is 62.7 cm³/mol. The van der Waals surface area contributed by atoms with Gasteiger partial charge < -0.3 is 19.1 Å². The molecule has 20 heavy (non-hydrogen) atoms. The van der Waals surface area contributed by atoms with Crippen molar-refractivity contribution >= 4 is 5.69 Å². The molecule has 0 N–H and O–H groups in total. The van der Waals surface area contributed by atoms with Crippen LogP contribution in [-0.2, 0) is 4.74 Å². The summed E-state index contributed by atoms with van der Waals surface area (Å²) in [6, 6.07) is 2.22. The molecule has 108 valence electrons. The van der Waals surface area contributed by atoms with Gasteiger partial charge in [0.1, 0.15) is 5.82 Å². The summed E-state index contributed by atoms with van der Waals surface area (Å²) in [5.41, 5.74) is 0.247. The minimum absolute atomic E-state index is 0.0175. The Morgan fingerprint density at radius 3 is 2.25 bits per heavy atom. The van der Waals surface area contributed by atoms with Gasteiger partial charge in [-0.25, -0.2) is 4.39 Å². The van der Waals surface area contributed by atoms with E-state index in [1.807, 2.05) is 4.90 Å². The average Bonchev–Trinajstić information content (AvgIpc) is 3.05. The first-order chi connectivity index (χ1) is 9.46. The van der Waals surface area contributed by atoms with Crippen LogP contribution < -0.4 is 14.4 Å². The van der Waals surface area contributed by atoms with Crippen LogP contribution in [0.2, 0.25) is 0 Å². The maximum absolute atomic E-state index is 14.0. The monoisotopic (exact) mass is 287 g/mol. The molecule has 1 aromatic carbocycles. The number of hydrogen-bond acceptors (Lipinski definition) is 4. The molecule has 1 aromatic rings. The van der Waals surface area contributed by atoms with Crippen LogP contribution in [0.3, 0.4) is 0 Å². The van der Waals surface area contributed by atoms with E-state index < -0.39 is 12.1 Å². The molecule has 4 nitrogen and oxygen atoms in total. The number of benzene rings is 1. The van der Waals surface area contributed by atoms with Gasteiger partial charge in [-0.1, -0.05) is 0 Å². The number of nitrogens with zero attached hydrogens (tertiary/aromatic N) is 1. The third kappa shape index (κ3) is 1.88. The van der Waals surface area contributed by atoms with Crippen LogP contribution in [0.4, 0.5) is 18.9 Å². The maximum atomic E-state index is 14.0. The lowest BCUT2D eigenvalue weighted by Gasteiger charge is -2.32. The fourth-order valence-electron chi connectivity index (χ4n) is 2.75. The normalized spacial score (nSPS) is 25.1. The molecule has 0 unspecified atom stereocenters. The van der Waals surface area contributed by atoms with Gasteiger partial charge in [0.05, 0.1) is 17.9 Å². The number of rotatable bonds is 1. The lowest BCUT2D eigenvalue weighted by molar-refractivity contribution is -0.286. The van der Waals surface area contributed by atoms with Gasteiger partial charge in [0.25, 0.3) is 0 Å². The van der Waals surface area contributed by atoms with Gasteiger partial charge in [0.2, 0.25) is 0 Å². The molecule has 0 aliphatic carbocycles. The number of alkyl halides is 2. The van der Waals surface area contributed by atoms with Gasteiger partial charge >= 0.3 is 6.29 Å². The lowest BCUT2D eigenvalue weighted by atomic mass is 9.97. The van der Waals surface area contributed by atoms with Gasteiger partial charge in [-0.2, -0.15) is 0 Å². The first kappa shape index (κ1) is 12.1. The van der Waals surface area contributed by atoms with Gasteiger partial charge in [-0.05, 0) is 12.8 Å². The van der Waals surface area contributed by atoms with Crippen LogP contribution in [0.1, 0.15) is 12.8 Å². The predicted octanol–water partition coefficient (Wildman–Crippen LogP) is 2.52. The van der Waals surface area contributed by atoms with Crippen molar-refractivity contribution in [2.75, 3.05) is 24.6 Å². The van der Waals surface area contributed by atoms with E-state index in [2.05, 4.69) is 9.47 Å². The molecule has 0 radical (unpaired) electrons. The van der Waals surface area contributed by atoms with Crippen molar-refractivity contribution in [1.82, 2.24) is 0 Å². The fourth-order valence-corrected chi connectivity index (χ4v) is 2.75. The summed E-state index contributed by atoms with van der Waals surface area (Å²) in [6.45, 7) is 2.02. The van der Waals surface area contributed by atoms with E-state index >= 15 is 0 Å². The van der Waals surface area contributed by atoms with Gasteiger partial charge in [-0.3, -0.25) is 0 Å². The summed E-state index contributed by atoms with van der Waals surface area (Å²) in [6.07, 6.45) is -2.09. The molecule has 2 fully saturated rings. The molecule has 1 spiro atoms. The molecule has 0 saturated carbocycles. The molecule has 0 amide bonds. The van der Waals surface area contributed by atoms with Crippen molar-refractivity contribution < 1.29 is 27.4 Å². The molecular formula is C13H12F3NO3. The first-order valence-corrected chi connectivity index (χ1v) is 6.45. The van der Waals surface area contributed by atoms with E-state index in [1.165, 1.54) is 6.07 Å². The number of ether oxygens (including phenoxy) is 3. The Morgan fingerprint density at radius 2 is 1.65 bits per heavy atom. The van der Waals surface area contributed by atoms with Crippen molar-refractivity contribution in [3.05, 3.63) is 17.9 Å². The Morgan fingerprint density at radius 1 is 1.05 bits per heavy atom. The van der Waals surface area contributed by atoms with E-state index in [9.17, 15) is 13.2 Å². The van der Waals surface area contributed by atoms with Gasteiger partial charge in [-0.15, -0.1) is 8.78 Å². The summed E-state index contributed by atoms with van der Waals surface area (Å²) in [4.78, 5) is 1.82. The second kappa shape index (κ2) is 3.72. The standard InChI is InChI=1S/C13H12F3NO3/c14-8-5-10-11(20-13(15,16)19-10)6-9(8)17-3-1-12(2-4-17)7-18-12/h5-6H,1-4,7H2. The third-order valence-electron chi connectivity index (χ3n) is 4.04. The fraction of sp³-hybridized carbons (Fsp3) is 0.538. The second-order valence-electron chi connectivity index (χ2n) is 5.38. The molecule has 3 heterocycles. The summed E-state index contributed by atoms with van der Waals surface area (Å²) >= 11 is 0. The highest BCUT2D eigenvalue weighted by Crippen LogP contribution is 2.45. The van der Waals surface area contributed by atoms with Gasteiger partial charge in [0, 0.05) is 25.2 Å². The van der Waals surface area contributed by atoms with Crippen LogP contribution in [0.25, 0.3) is 0 Å². The molecule has 7 heteroatoms. The van der Waals surface area contributed by atoms with E-state index in [1.54, 1.807) is 0 Å². The van der Waals surface area contributed by atoms with Crippen molar-refractivity contribution in [1.29, 1.82) is 0 Å². The summed E-state index contributed by atoms with van der Waals surface area (Å²) in [5, 5.41) is 0. The van der Waals surface area contributed by atoms with E-state index in [-0.39, 0.29) is 22.8 Å². The van der Waals surface area contributed by atoms with Crippen LogP contribution in [0, 0.1) is 5.82 Å². The number of halogens is 3. The maximum Gasteiger partial charge on any atom is 0.586 e. The molecule has 0 atom stereocenters. The van der Waals surface area contributed by atoms with Gasteiger partial charge in [0.15, 0.2) is 11.5 Å². The highest BCUT2D eigenvalue weighted by molar-refractivity contribution is 5.59. The Labute approximate surface area is 113 Å². The minimum atomic E-state index is -3.72. The van der Waals surface area contributed by atoms with Crippen molar-refractivity contribution in [2.24, 2.45) is 0 Å². The summed E-state index contributed by atoms with van der Waals surface area (Å²) < 4.78 is 53.9. The van der Waals surface area contributed by atoms with Crippen molar-refractivity contribution in [2.45, 2.75) is 24.7 Å². The second-order valence-corrected chi connectivity index (χ2v) is 5.38. The number of hydrogen-bond donors (Lipinski definition) is 0. The molecule has 0 aromatic heterocycles. The zero-order chi connectivity index (χ0) is 14.0. The molecule has 3 aliphatic heterocycles. The van der Waals surface area contributed by atoms with E-state index in [4.69, 9.17) is 4.74 Å². The number of anilines is 1. The Hall–Kier alpha value is -1.63. The van der Waals surface area contributed by atoms with E-state index in [0.29, 0.717) is 13.1 Å². The van der Waals surface area contributed by atoms with Crippen LogP contribution in [0.15, 0.2) is 12.1 Å². The molecule has 2 saturated heterocycles. The minimum Gasteiger partial charge on any atom is -0.395 e. The highest BCUT2D eigenvalue weighted by atomic mass is 19.3. The highest BCUT2D eigenvalue weighted by Gasteiger charge is 2.47. The Balaban J connectivity index is 1.60. The molecule has 4 rings (SSSR count). The SMILES string of the molecule is Fc1cc2c(cc1N1CCC3(CC1)CO3)OC(F)(F)O2. The topological polar surface area (TPSA) is 34.2 Å². The summed E-state index contributed by atoms with van der Waals surface area (Å²) in [5.74, 6) is -0.984. The average molecular weight is 287 g/mol. The number of piperidine rings is 1.